The van der Waals surface area contributed by atoms with Crippen molar-refractivity contribution in [3.8, 4) is 0 Å². The third-order valence-corrected chi connectivity index (χ3v) is 4.82. The molecule has 3 aromatic rings. The van der Waals surface area contributed by atoms with Crippen molar-refractivity contribution in [3.05, 3.63) is 108 Å². The van der Waals surface area contributed by atoms with Crippen molar-refractivity contribution >= 4 is 0 Å². The van der Waals surface area contributed by atoms with Crippen LogP contribution in [0.25, 0.3) is 0 Å². The fraction of sp³-hybridized carbons (Fsp3) is 0.217. The molecule has 132 valence electrons. The second-order valence-electron chi connectivity index (χ2n) is 6.59. The van der Waals surface area contributed by atoms with Gasteiger partial charge in [0.25, 0.3) is 0 Å². The van der Waals surface area contributed by atoms with Gasteiger partial charge in [0.05, 0.1) is 13.2 Å². The average Bonchev–Trinajstić information content (AvgIpc) is 3.50. The van der Waals surface area contributed by atoms with E-state index in [0.29, 0.717) is 13.2 Å². The number of hydrogen-bond acceptors (Lipinski definition) is 3. The molecule has 0 aromatic heterocycles. The van der Waals surface area contributed by atoms with Gasteiger partial charge in [0.15, 0.2) is 0 Å². The summed E-state index contributed by atoms with van der Waals surface area (Å²) in [7, 11) is 0. The zero-order valence-corrected chi connectivity index (χ0v) is 14.5. The molecule has 26 heavy (non-hydrogen) atoms. The van der Waals surface area contributed by atoms with Gasteiger partial charge in [-0.2, -0.15) is 0 Å². The summed E-state index contributed by atoms with van der Waals surface area (Å²) in [6, 6.07) is 29.5. The van der Waals surface area contributed by atoms with Crippen molar-refractivity contribution in [2.24, 2.45) is 0 Å². The number of ether oxygens (including phenoxy) is 2. The first-order valence-corrected chi connectivity index (χ1v) is 8.89. The average molecular weight is 346 g/mol. The maximum absolute atomic E-state index is 11.6. The topological polar surface area (TPSA) is 42.0 Å². The zero-order valence-electron chi connectivity index (χ0n) is 14.5. The fourth-order valence-corrected chi connectivity index (χ4v) is 3.38. The first-order valence-electron chi connectivity index (χ1n) is 8.89. The SMILES string of the molecule is OC(c1ccccc1)(c1ccccc1)[C@@H]1O[C@H]1COCc1ccccc1. The van der Waals surface area contributed by atoms with E-state index >= 15 is 0 Å². The molecular formula is C23H22O3. The monoisotopic (exact) mass is 346 g/mol. The van der Waals surface area contributed by atoms with Crippen LogP contribution < -0.4 is 0 Å². The van der Waals surface area contributed by atoms with Crippen molar-refractivity contribution in [1.29, 1.82) is 0 Å². The van der Waals surface area contributed by atoms with E-state index in [2.05, 4.69) is 0 Å². The Morgan fingerprint density at radius 1 is 0.769 bits per heavy atom. The molecule has 1 aliphatic heterocycles. The van der Waals surface area contributed by atoms with Gasteiger partial charge in [-0.1, -0.05) is 91.0 Å². The van der Waals surface area contributed by atoms with Crippen molar-refractivity contribution in [1.82, 2.24) is 0 Å². The Bertz CT molecular complexity index is 778. The molecule has 3 aromatic carbocycles. The molecule has 1 saturated heterocycles. The molecule has 0 radical (unpaired) electrons. The molecule has 0 unspecified atom stereocenters. The molecular weight excluding hydrogens is 324 g/mol. The van der Waals surface area contributed by atoms with Crippen molar-refractivity contribution < 1.29 is 14.6 Å². The minimum absolute atomic E-state index is 0.121. The Balaban J connectivity index is 1.48. The largest absolute Gasteiger partial charge is 0.378 e. The van der Waals surface area contributed by atoms with Gasteiger partial charge >= 0.3 is 0 Å². The molecule has 1 heterocycles. The van der Waals surface area contributed by atoms with Gasteiger partial charge in [0.1, 0.15) is 17.8 Å². The fourth-order valence-electron chi connectivity index (χ4n) is 3.38. The Morgan fingerprint density at radius 3 is 1.81 bits per heavy atom. The maximum atomic E-state index is 11.6. The molecule has 0 saturated carbocycles. The summed E-state index contributed by atoms with van der Waals surface area (Å²) in [5, 5.41) is 11.6. The number of epoxide rings is 1. The molecule has 2 atom stereocenters. The van der Waals surface area contributed by atoms with Crippen LogP contribution in [-0.2, 0) is 21.7 Å². The third kappa shape index (κ3) is 3.42. The predicted octanol–water partition coefficient (Wildman–Crippen LogP) is 3.91. The highest BCUT2D eigenvalue weighted by Crippen LogP contribution is 2.44. The first kappa shape index (κ1) is 17.0. The summed E-state index contributed by atoms with van der Waals surface area (Å²) in [6.07, 6.45) is -0.438. The predicted molar refractivity (Wildman–Crippen MR) is 101 cm³/mol. The van der Waals surface area contributed by atoms with E-state index in [9.17, 15) is 5.11 Å². The molecule has 3 nitrogen and oxygen atoms in total. The minimum Gasteiger partial charge on any atom is -0.378 e. The highest BCUT2D eigenvalue weighted by Gasteiger charge is 2.55. The number of benzene rings is 3. The lowest BCUT2D eigenvalue weighted by Crippen LogP contribution is -2.35. The molecule has 0 spiro atoms. The van der Waals surface area contributed by atoms with E-state index in [1.54, 1.807) is 0 Å². The summed E-state index contributed by atoms with van der Waals surface area (Å²) in [5.74, 6) is 0. The van der Waals surface area contributed by atoms with Gasteiger partial charge in [0.2, 0.25) is 0 Å². The summed E-state index contributed by atoms with van der Waals surface area (Å²) in [5.41, 5.74) is 1.62. The smallest absolute Gasteiger partial charge is 0.143 e. The van der Waals surface area contributed by atoms with E-state index in [1.165, 1.54) is 0 Å². The van der Waals surface area contributed by atoms with Gasteiger partial charge in [0, 0.05) is 0 Å². The van der Waals surface area contributed by atoms with Crippen LogP contribution >= 0.6 is 0 Å². The molecule has 4 rings (SSSR count). The van der Waals surface area contributed by atoms with Crippen LogP contribution in [0.2, 0.25) is 0 Å². The highest BCUT2D eigenvalue weighted by atomic mass is 16.6. The zero-order chi connectivity index (χ0) is 17.8. The molecule has 0 amide bonds. The molecule has 1 aliphatic rings. The third-order valence-electron chi connectivity index (χ3n) is 4.82. The number of rotatable bonds is 7. The second kappa shape index (κ2) is 7.42. The van der Waals surface area contributed by atoms with Crippen LogP contribution in [0.5, 0.6) is 0 Å². The van der Waals surface area contributed by atoms with Crippen LogP contribution in [0.1, 0.15) is 16.7 Å². The van der Waals surface area contributed by atoms with Gasteiger partial charge < -0.3 is 14.6 Å². The minimum atomic E-state index is -1.18. The lowest BCUT2D eigenvalue weighted by Gasteiger charge is -2.28. The van der Waals surface area contributed by atoms with Crippen LogP contribution in [0.4, 0.5) is 0 Å². The Hall–Kier alpha value is -2.46. The molecule has 1 N–H and O–H groups in total. The quantitative estimate of drug-likeness (QED) is 0.660. The summed E-state index contributed by atoms with van der Waals surface area (Å²) < 4.78 is 11.7. The van der Waals surface area contributed by atoms with Crippen LogP contribution in [0.3, 0.4) is 0 Å². The summed E-state index contributed by atoms with van der Waals surface area (Å²) in [6.45, 7) is 1.00. The molecule has 0 aliphatic carbocycles. The maximum Gasteiger partial charge on any atom is 0.143 e. The highest BCUT2D eigenvalue weighted by molar-refractivity contribution is 5.39. The standard InChI is InChI=1S/C23H22O3/c24-23(19-12-6-2-7-13-19,20-14-8-3-9-15-20)22-21(26-22)17-25-16-18-10-4-1-5-11-18/h1-15,21-22,24H,16-17H2/t21-,22+/m0/s1. The van der Waals surface area contributed by atoms with E-state index < -0.39 is 5.60 Å². The Labute approximate surface area is 153 Å². The van der Waals surface area contributed by atoms with Crippen molar-refractivity contribution in [2.75, 3.05) is 6.61 Å². The van der Waals surface area contributed by atoms with E-state index in [4.69, 9.17) is 9.47 Å². The van der Waals surface area contributed by atoms with Crippen LogP contribution in [0.15, 0.2) is 91.0 Å². The summed E-state index contributed by atoms with van der Waals surface area (Å²) >= 11 is 0. The van der Waals surface area contributed by atoms with E-state index in [1.807, 2.05) is 91.0 Å². The molecule has 3 heteroatoms. The number of hydrogen-bond donors (Lipinski definition) is 1. The van der Waals surface area contributed by atoms with Crippen LogP contribution in [-0.4, -0.2) is 23.9 Å². The van der Waals surface area contributed by atoms with E-state index in [-0.39, 0.29) is 12.2 Å². The summed E-state index contributed by atoms with van der Waals surface area (Å²) in [4.78, 5) is 0. The molecule has 1 fully saturated rings. The van der Waals surface area contributed by atoms with Gasteiger partial charge in [-0.3, -0.25) is 0 Å². The van der Waals surface area contributed by atoms with Crippen molar-refractivity contribution in [3.63, 3.8) is 0 Å². The Kier molecular flexibility index (Phi) is 4.85. The van der Waals surface area contributed by atoms with E-state index in [0.717, 1.165) is 16.7 Å². The normalized spacial score (nSPS) is 19.3. The van der Waals surface area contributed by atoms with Crippen molar-refractivity contribution in [2.45, 2.75) is 24.4 Å². The lowest BCUT2D eigenvalue weighted by molar-refractivity contribution is 0.0476. The Morgan fingerprint density at radius 2 is 1.27 bits per heavy atom. The van der Waals surface area contributed by atoms with Gasteiger partial charge in [-0.25, -0.2) is 0 Å². The number of aliphatic hydroxyl groups is 1. The molecule has 0 bridgehead atoms. The van der Waals surface area contributed by atoms with Gasteiger partial charge in [-0.05, 0) is 16.7 Å². The second-order valence-corrected chi connectivity index (χ2v) is 6.59. The first-order chi connectivity index (χ1) is 12.8. The van der Waals surface area contributed by atoms with Crippen LogP contribution in [0, 0.1) is 0 Å². The van der Waals surface area contributed by atoms with Gasteiger partial charge in [-0.15, -0.1) is 0 Å². The lowest BCUT2D eigenvalue weighted by atomic mass is 9.82.